The van der Waals surface area contributed by atoms with E-state index in [-0.39, 0.29) is 18.4 Å². The summed E-state index contributed by atoms with van der Waals surface area (Å²) in [5, 5.41) is 3.43. The van der Waals surface area contributed by atoms with E-state index < -0.39 is 5.60 Å². The van der Waals surface area contributed by atoms with Crippen molar-refractivity contribution in [2.24, 2.45) is 5.92 Å². The molecule has 23 heavy (non-hydrogen) atoms. The molecule has 6 heteroatoms. The Balaban J connectivity index is 2.34. The Bertz CT molecular complexity index is 353. The zero-order valence-electron chi connectivity index (χ0n) is 15.6. The highest BCUT2D eigenvalue weighted by Crippen LogP contribution is 2.21. The number of piperidine rings is 1. The lowest BCUT2D eigenvalue weighted by Gasteiger charge is -2.34. The monoisotopic (exact) mass is 330 g/mol. The summed E-state index contributed by atoms with van der Waals surface area (Å²) in [6.07, 6.45) is 2.80. The molecule has 1 saturated heterocycles. The Labute approximate surface area is 140 Å². The van der Waals surface area contributed by atoms with Crippen LogP contribution >= 0.6 is 0 Å². The van der Waals surface area contributed by atoms with E-state index in [1.165, 1.54) is 0 Å². The van der Waals surface area contributed by atoms with Crippen LogP contribution in [0.5, 0.6) is 0 Å². The van der Waals surface area contributed by atoms with E-state index in [0.29, 0.717) is 5.92 Å². The molecule has 1 aliphatic rings. The molecule has 0 saturated carbocycles. The average Bonchev–Trinajstić information content (AvgIpc) is 2.47. The summed E-state index contributed by atoms with van der Waals surface area (Å²) in [5.74, 6) is 0.513. The van der Waals surface area contributed by atoms with Crippen molar-refractivity contribution in [1.82, 2.24) is 10.2 Å². The van der Waals surface area contributed by atoms with Crippen LogP contribution in [0.25, 0.3) is 0 Å². The second kappa shape index (κ2) is 9.45. The minimum Gasteiger partial charge on any atom is -0.444 e. The smallest absolute Gasteiger partial charge is 0.410 e. The third-order valence-corrected chi connectivity index (χ3v) is 4.06. The minimum absolute atomic E-state index is 0.135. The van der Waals surface area contributed by atoms with Crippen LogP contribution in [-0.2, 0) is 14.2 Å². The van der Waals surface area contributed by atoms with Crippen molar-refractivity contribution in [2.75, 3.05) is 33.9 Å². The van der Waals surface area contributed by atoms with Crippen LogP contribution in [0.3, 0.4) is 0 Å². The van der Waals surface area contributed by atoms with E-state index in [4.69, 9.17) is 14.2 Å². The summed E-state index contributed by atoms with van der Waals surface area (Å²) in [4.78, 5) is 14.0. The lowest BCUT2D eigenvalue weighted by Crippen LogP contribution is -2.44. The molecule has 1 amide bonds. The highest BCUT2D eigenvalue weighted by molar-refractivity contribution is 5.68. The standard InChI is InChI=1S/C17H34N2O4/c1-13(15(21-5)22-6)18-10-9-14-8-7-11-19(12-14)16(20)23-17(2,3)4/h13-15,18H,7-12H2,1-6H3. The van der Waals surface area contributed by atoms with E-state index in [0.717, 1.165) is 38.9 Å². The van der Waals surface area contributed by atoms with E-state index >= 15 is 0 Å². The largest absolute Gasteiger partial charge is 0.444 e. The number of nitrogens with zero attached hydrogens (tertiary/aromatic N) is 1. The maximum Gasteiger partial charge on any atom is 0.410 e. The van der Waals surface area contributed by atoms with Crippen LogP contribution in [0.4, 0.5) is 4.79 Å². The third-order valence-electron chi connectivity index (χ3n) is 4.06. The molecule has 1 rings (SSSR count). The Kier molecular flexibility index (Phi) is 8.29. The molecule has 1 aliphatic heterocycles. The first kappa shape index (κ1) is 20.2. The Morgan fingerprint density at radius 2 is 1.96 bits per heavy atom. The number of methoxy groups -OCH3 is 2. The van der Waals surface area contributed by atoms with Crippen molar-refractivity contribution in [1.29, 1.82) is 0 Å². The van der Waals surface area contributed by atoms with Crippen LogP contribution in [0.15, 0.2) is 0 Å². The second-order valence-corrected chi connectivity index (χ2v) is 7.31. The lowest BCUT2D eigenvalue weighted by atomic mass is 9.95. The van der Waals surface area contributed by atoms with Crippen molar-refractivity contribution < 1.29 is 19.0 Å². The number of rotatable bonds is 7. The summed E-state index contributed by atoms with van der Waals surface area (Å²) >= 11 is 0. The lowest BCUT2D eigenvalue weighted by molar-refractivity contribution is -0.119. The SMILES string of the molecule is COC(OC)C(C)NCCC1CCCN(C(=O)OC(C)(C)C)C1. The number of likely N-dealkylation sites (tertiary alicyclic amines) is 1. The number of hydrogen-bond acceptors (Lipinski definition) is 5. The molecule has 0 spiro atoms. The molecule has 2 unspecified atom stereocenters. The van der Waals surface area contributed by atoms with Crippen molar-refractivity contribution in [3.63, 3.8) is 0 Å². The van der Waals surface area contributed by atoms with Gasteiger partial charge in [0.15, 0.2) is 6.29 Å². The van der Waals surface area contributed by atoms with Crippen LogP contribution in [0, 0.1) is 5.92 Å². The van der Waals surface area contributed by atoms with Gasteiger partial charge in [0.2, 0.25) is 0 Å². The molecule has 0 radical (unpaired) electrons. The molecule has 0 bridgehead atoms. The summed E-state index contributed by atoms with van der Waals surface area (Å²) < 4.78 is 16.0. The van der Waals surface area contributed by atoms with Gasteiger partial charge in [-0.05, 0) is 59.4 Å². The number of nitrogens with one attached hydrogen (secondary N) is 1. The van der Waals surface area contributed by atoms with E-state index in [2.05, 4.69) is 5.32 Å². The van der Waals surface area contributed by atoms with Crippen molar-refractivity contribution >= 4 is 6.09 Å². The molecule has 1 fully saturated rings. The fourth-order valence-electron chi connectivity index (χ4n) is 2.91. The molecule has 1 N–H and O–H groups in total. The van der Waals surface area contributed by atoms with Crippen LogP contribution in [-0.4, -0.2) is 62.8 Å². The van der Waals surface area contributed by atoms with Gasteiger partial charge in [0.05, 0.1) is 6.04 Å². The molecular formula is C17H34N2O4. The zero-order chi connectivity index (χ0) is 17.5. The van der Waals surface area contributed by atoms with Gasteiger partial charge in [0, 0.05) is 27.3 Å². The van der Waals surface area contributed by atoms with Gasteiger partial charge in [-0.2, -0.15) is 0 Å². The first-order valence-corrected chi connectivity index (χ1v) is 8.53. The second-order valence-electron chi connectivity index (χ2n) is 7.31. The topological polar surface area (TPSA) is 60.0 Å². The predicted octanol–water partition coefficient (Wildman–Crippen LogP) is 2.62. The van der Waals surface area contributed by atoms with Crippen molar-refractivity contribution in [3.8, 4) is 0 Å². The maximum atomic E-state index is 12.2. The molecular weight excluding hydrogens is 296 g/mol. The van der Waals surface area contributed by atoms with Gasteiger partial charge in [-0.25, -0.2) is 4.79 Å². The maximum absolute atomic E-state index is 12.2. The van der Waals surface area contributed by atoms with Crippen LogP contribution < -0.4 is 5.32 Å². The first-order valence-electron chi connectivity index (χ1n) is 8.53. The summed E-state index contributed by atoms with van der Waals surface area (Å²) in [6, 6.07) is 0.135. The Hall–Kier alpha value is -0.850. The van der Waals surface area contributed by atoms with Gasteiger partial charge >= 0.3 is 6.09 Å². The number of carbonyl (C=O) groups is 1. The quantitative estimate of drug-likeness (QED) is 0.727. The Morgan fingerprint density at radius 1 is 1.30 bits per heavy atom. The normalized spacial score (nSPS) is 20.7. The van der Waals surface area contributed by atoms with Gasteiger partial charge in [0.25, 0.3) is 0 Å². The van der Waals surface area contributed by atoms with Gasteiger partial charge in [-0.1, -0.05) is 0 Å². The average molecular weight is 330 g/mol. The minimum atomic E-state index is -0.434. The predicted molar refractivity (Wildman–Crippen MR) is 90.4 cm³/mol. The van der Waals surface area contributed by atoms with Crippen molar-refractivity contribution in [3.05, 3.63) is 0 Å². The van der Waals surface area contributed by atoms with Gasteiger partial charge in [-0.15, -0.1) is 0 Å². The fraction of sp³-hybridized carbons (Fsp3) is 0.941. The molecule has 1 heterocycles. The van der Waals surface area contributed by atoms with Gasteiger partial charge in [-0.3, -0.25) is 0 Å². The molecule has 136 valence electrons. The van der Waals surface area contributed by atoms with Crippen LogP contribution in [0.1, 0.15) is 47.0 Å². The van der Waals surface area contributed by atoms with E-state index in [1.807, 2.05) is 32.6 Å². The highest BCUT2D eigenvalue weighted by atomic mass is 16.7. The van der Waals surface area contributed by atoms with E-state index in [1.54, 1.807) is 14.2 Å². The molecule has 0 aromatic carbocycles. The highest BCUT2D eigenvalue weighted by Gasteiger charge is 2.27. The van der Waals surface area contributed by atoms with Crippen LogP contribution in [0.2, 0.25) is 0 Å². The number of carbonyl (C=O) groups excluding carboxylic acids is 1. The van der Waals surface area contributed by atoms with Crippen molar-refractivity contribution in [2.45, 2.75) is 64.9 Å². The first-order chi connectivity index (χ1) is 10.8. The molecule has 0 aromatic rings. The molecule has 0 aliphatic carbocycles. The molecule has 6 nitrogen and oxygen atoms in total. The zero-order valence-corrected chi connectivity index (χ0v) is 15.6. The van der Waals surface area contributed by atoms with Gasteiger partial charge in [0.1, 0.15) is 5.60 Å². The third kappa shape index (κ3) is 7.50. The number of amides is 1. The number of ether oxygens (including phenoxy) is 3. The fourth-order valence-corrected chi connectivity index (χ4v) is 2.91. The number of hydrogen-bond donors (Lipinski definition) is 1. The molecule has 0 aromatic heterocycles. The summed E-state index contributed by atoms with van der Waals surface area (Å²) in [6.45, 7) is 10.2. The Morgan fingerprint density at radius 3 is 2.52 bits per heavy atom. The van der Waals surface area contributed by atoms with E-state index in [9.17, 15) is 4.79 Å². The van der Waals surface area contributed by atoms with Gasteiger partial charge < -0.3 is 24.4 Å². The molecule has 2 atom stereocenters. The summed E-state index contributed by atoms with van der Waals surface area (Å²) in [7, 11) is 3.29. The summed E-state index contributed by atoms with van der Waals surface area (Å²) in [5.41, 5.74) is -0.434.